The lowest BCUT2D eigenvalue weighted by atomic mass is 10.0. The van der Waals surface area contributed by atoms with Crippen LogP contribution < -0.4 is 5.32 Å². The normalized spacial score (nSPS) is 11.7. The zero-order valence-corrected chi connectivity index (χ0v) is 11.4. The molecule has 0 fully saturated rings. The molecule has 0 bridgehead atoms. The van der Waals surface area contributed by atoms with Crippen LogP contribution in [0.1, 0.15) is 20.3 Å². The minimum atomic E-state index is -0.0718. The number of methoxy groups -OCH3 is 1. The fourth-order valence-electron chi connectivity index (χ4n) is 1.98. The molecule has 0 aliphatic rings. The summed E-state index contributed by atoms with van der Waals surface area (Å²) < 4.78 is 5.42. The zero-order chi connectivity index (χ0) is 13.0. The van der Waals surface area contributed by atoms with Crippen molar-refractivity contribution in [2.75, 3.05) is 19.0 Å². The lowest BCUT2D eigenvalue weighted by Gasteiger charge is -2.23. The Morgan fingerprint density at radius 1 is 1.06 bits per heavy atom. The molecule has 0 saturated carbocycles. The van der Waals surface area contributed by atoms with Crippen molar-refractivity contribution in [2.45, 2.75) is 25.9 Å². The summed E-state index contributed by atoms with van der Waals surface area (Å²) >= 11 is 0. The number of benzene rings is 2. The molecule has 1 N–H and O–H groups in total. The maximum Gasteiger partial charge on any atom is 0.0639 e. The van der Waals surface area contributed by atoms with Crippen LogP contribution in [0.5, 0.6) is 0 Å². The van der Waals surface area contributed by atoms with E-state index in [-0.39, 0.29) is 5.60 Å². The Balaban J connectivity index is 2.08. The average molecular weight is 243 g/mol. The molecule has 0 radical (unpaired) electrons. The summed E-state index contributed by atoms with van der Waals surface area (Å²) in [6, 6.07) is 14.8. The molecule has 2 heteroatoms. The molecule has 0 amide bonds. The molecule has 2 aromatic rings. The van der Waals surface area contributed by atoms with Crippen LogP contribution in [-0.4, -0.2) is 19.3 Å². The van der Waals surface area contributed by atoms with E-state index in [1.165, 1.54) is 16.5 Å². The van der Waals surface area contributed by atoms with E-state index in [1.54, 1.807) is 7.11 Å². The topological polar surface area (TPSA) is 21.3 Å². The van der Waals surface area contributed by atoms with Crippen molar-refractivity contribution in [3.05, 3.63) is 42.5 Å². The van der Waals surface area contributed by atoms with Crippen LogP contribution in [0.15, 0.2) is 42.5 Å². The van der Waals surface area contributed by atoms with Gasteiger partial charge in [0.2, 0.25) is 0 Å². The van der Waals surface area contributed by atoms with E-state index in [9.17, 15) is 0 Å². The van der Waals surface area contributed by atoms with E-state index >= 15 is 0 Å². The third kappa shape index (κ3) is 3.02. The van der Waals surface area contributed by atoms with E-state index in [0.29, 0.717) is 0 Å². The van der Waals surface area contributed by atoms with Crippen molar-refractivity contribution in [1.82, 2.24) is 0 Å². The van der Waals surface area contributed by atoms with Crippen molar-refractivity contribution < 1.29 is 4.74 Å². The number of nitrogens with one attached hydrogen (secondary N) is 1. The second kappa shape index (κ2) is 5.40. The quantitative estimate of drug-likeness (QED) is 0.854. The fraction of sp³-hybridized carbons (Fsp3) is 0.375. The Morgan fingerprint density at radius 2 is 1.78 bits per heavy atom. The second-order valence-electron chi connectivity index (χ2n) is 5.17. The predicted molar refractivity (Wildman–Crippen MR) is 78.1 cm³/mol. The Morgan fingerprint density at radius 3 is 2.56 bits per heavy atom. The van der Waals surface area contributed by atoms with Gasteiger partial charge in [-0.3, -0.25) is 0 Å². The highest BCUT2D eigenvalue weighted by atomic mass is 16.5. The van der Waals surface area contributed by atoms with Crippen molar-refractivity contribution in [2.24, 2.45) is 0 Å². The molecule has 2 rings (SSSR count). The molecule has 2 aromatic carbocycles. The van der Waals surface area contributed by atoms with E-state index in [4.69, 9.17) is 4.74 Å². The van der Waals surface area contributed by atoms with Gasteiger partial charge in [-0.05, 0) is 31.7 Å². The van der Waals surface area contributed by atoms with Crippen LogP contribution in [0.4, 0.5) is 5.69 Å². The Labute approximate surface area is 109 Å². The van der Waals surface area contributed by atoms with Crippen LogP contribution in [0.25, 0.3) is 10.8 Å². The minimum absolute atomic E-state index is 0.0718. The molecule has 0 unspecified atom stereocenters. The number of ether oxygens (including phenoxy) is 1. The maximum absolute atomic E-state index is 5.42. The van der Waals surface area contributed by atoms with E-state index in [0.717, 1.165) is 13.0 Å². The van der Waals surface area contributed by atoms with Crippen LogP contribution >= 0.6 is 0 Å². The van der Waals surface area contributed by atoms with Crippen molar-refractivity contribution >= 4 is 16.5 Å². The monoisotopic (exact) mass is 243 g/mol. The molecule has 18 heavy (non-hydrogen) atoms. The summed E-state index contributed by atoms with van der Waals surface area (Å²) in [5.41, 5.74) is 1.12. The van der Waals surface area contributed by atoms with Gasteiger partial charge in [0.15, 0.2) is 0 Å². The van der Waals surface area contributed by atoms with Gasteiger partial charge in [-0.15, -0.1) is 0 Å². The van der Waals surface area contributed by atoms with E-state index in [1.807, 2.05) is 0 Å². The molecule has 0 heterocycles. The Hall–Kier alpha value is -1.54. The predicted octanol–water partition coefficient (Wildman–Crippen LogP) is 4.07. The van der Waals surface area contributed by atoms with Crippen LogP contribution in [0, 0.1) is 0 Å². The van der Waals surface area contributed by atoms with Crippen LogP contribution in [0.3, 0.4) is 0 Å². The number of hydrogen-bond acceptors (Lipinski definition) is 2. The van der Waals surface area contributed by atoms with Gasteiger partial charge in [0.25, 0.3) is 0 Å². The van der Waals surface area contributed by atoms with Crippen LogP contribution in [-0.2, 0) is 4.74 Å². The SMILES string of the molecule is COC(C)(C)CCNc1cccc2ccccc12. The highest BCUT2D eigenvalue weighted by Gasteiger charge is 2.15. The first kappa shape index (κ1) is 12.9. The first-order valence-corrected chi connectivity index (χ1v) is 6.39. The number of rotatable bonds is 5. The minimum Gasteiger partial charge on any atom is -0.384 e. The summed E-state index contributed by atoms with van der Waals surface area (Å²) in [4.78, 5) is 0. The van der Waals surface area contributed by atoms with Crippen molar-refractivity contribution in [1.29, 1.82) is 0 Å². The van der Waals surface area contributed by atoms with Gasteiger partial charge < -0.3 is 10.1 Å². The number of fused-ring (bicyclic) bond motifs is 1. The smallest absolute Gasteiger partial charge is 0.0639 e. The van der Waals surface area contributed by atoms with Crippen LogP contribution in [0.2, 0.25) is 0 Å². The van der Waals surface area contributed by atoms with Gasteiger partial charge in [0.1, 0.15) is 0 Å². The molecular formula is C16H21NO. The standard InChI is InChI=1S/C16H21NO/c1-16(2,18-3)11-12-17-15-10-6-8-13-7-4-5-9-14(13)15/h4-10,17H,11-12H2,1-3H3. The van der Waals surface area contributed by atoms with Crippen molar-refractivity contribution in [3.8, 4) is 0 Å². The third-order valence-corrected chi connectivity index (χ3v) is 3.38. The molecule has 96 valence electrons. The molecule has 0 aliphatic carbocycles. The van der Waals surface area contributed by atoms with Gasteiger partial charge >= 0.3 is 0 Å². The first-order chi connectivity index (χ1) is 8.62. The maximum atomic E-state index is 5.42. The van der Waals surface area contributed by atoms with E-state index in [2.05, 4.69) is 61.6 Å². The van der Waals surface area contributed by atoms with Gasteiger partial charge in [-0.1, -0.05) is 36.4 Å². The fourth-order valence-corrected chi connectivity index (χ4v) is 1.98. The molecule has 0 saturated heterocycles. The summed E-state index contributed by atoms with van der Waals surface area (Å²) in [5, 5.41) is 6.04. The van der Waals surface area contributed by atoms with Gasteiger partial charge in [0, 0.05) is 24.7 Å². The molecule has 2 nitrogen and oxygen atoms in total. The second-order valence-corrected chi connectivity index (χ2v) is 5.17. The summed E-state index contributed by atoms with van der Waals surface area (Å²) in [7, 11) is 1.76. The van der Waals surface area contributed by atoms with Gasteiger partial charge in [-0.25, -0.2) is 0 Å². The Bertz CT molecular complexity index is 514. The lowest BCUT2D eigenvalue weighted by Crippen LogP contribution is -2.25. The largest absolute Gasteiger partial charge is 0.384 e. The first-order valence-electron chi connectivity index (χ1n) is 6.39. The highest BCUT2D eigenvalue weighted by molar-refractivity contribution is 5.93. The zero-order valence-electron chi connectivity index (χ0n) is 11.4. The molecular weight excluding hydrogens is 222 g/mol. The summed E-state index contributed by atoms with van der Waals surface area (Å²) in [5.74, 6) is 0. The summed E-state index contributed by atoms with van der Waals surface area (Å²) in [6.45, 7) is 5.13. The number of anilines is 1. The third-order valence-electron chi connectivity index (χ3n) is 3.38. The summed E-state index contributed by atoms with van der Waals surface area (Å²) in [6.07, 6.45) is 0.979. The molecule has 0 aromatic heterocycles. The average Bonchev–Trinajstić information content (AvgIpc) is 2.39. The molecule has 0 spiro atoms. The van der Waals surface area contributed by atoms with E-state index < -0.39 is 0 Å². The number of hydrogen-bond donors (Lipinski definition) is 1. The lowest BCUT2D eigenvalue weighted by molar-refractivity contribution is 0.0185. The highest BCUT2D eigenvalue weighted by Crippen LogP contribution is 2.23. The van der Waals surface area contributed by atoms with Gasteiger partial charge in [-0.2, -0.15) is 0 Å². The van der Waals surface area contributed by atoms with Gasteiger partial charge in [0.05, 0.1) is 5.60 Å². The molecule has 0 aliphatic heterocycles. The van der Waals surface area contributed by atoms with Crippen molar-refractivity contribution in [3.63, 3.8) is 0 Å². The molecule has 0 atom stereocenters. The Kier molecular flexibility index (Phi) is 3.87.